The summed E-state index contributed by atoms with van der Waals surface area (Å²) in [5.74, 6) is 0.0812. The molecule has 2 N–H and O–H groups in total. The molecule has 2 heterocycles. The largest absolute Gasteiger partial charge is 0.364 e. The number of benzene rings is 1. The quantitative estimate of drug-likeness (QED) is 0.937. The molecule has 1 amide bonds. The minimum atomic E-state index is -0.521. The van der Waals surface area contributed by atoms with Gasteiger partial charge in [-0.3, -0.25) is 4.79 Å². The number of amides is 1. The van der Waals surface area contributed by atoms with Crippen LogP contribution in [0, 0.1) is 0 Å². The number of nitrogens with zero attached hydrogens (tertiary/aromatic N) is 3. The number of anilines is 1. The lowest BCUT2D eigenvalue weighted by atomic mass is 10.1. The van der Waals surface area contributed by atoms with Crippen molar-refractivity contribution < 1.29 is 4.79 Å². The van der Waals surface area contributed by atoms with Crippen molar-refractivity contribution in [3.63, 3.8) is 0 Å². The Balaban J connectivity index is 2.03. The first-order chi connectivity index (χ1) is 10.2. The molecule has 0 atom stereocenters. The average molecular weight is 282 g/mol. The van der Waals surface area contributed by atoms with Gasteiger partial charge in [0.25, 0.3) is 5.91 Å². The van der Waals surface area contributed by atoms with Crippen molar-refractivity contribution in [2.75, 3.05) is 18.0 Å². The van der Waals surface area contributed by atoms with E-state index in [1.807, 2.05) is 30.3 Å². The monoisotopic (exact) mass is 282 g/mol. The Morgan fingerprint density at radius 1 is 1.05 bits per heavy atom. The van der Waals surface area contributed by atoms with Crippen molar-refractivity contribution in [2.24, 2.45) is 5.73 Å². The highest BCUT2D eigenvalue weighted by Crippen LogP contribution is 2.22. The molecule has 5 nitrogen and oxygen atoms in total. The lowest BCUT2D eigenvalue weighted by Crippen LogP contribution is -2.31. The highest BCUT2D eigenvalue weighted by molar-refractivity contribution is 5.92. The van der Waals surface area contributed by atoms with Crippen molar-refractivity contribution in [2.45, 2.75) is 19.3 Å². The smallest absolute Gasteiger partial charge is 0.267 e. The summed E-state index contributed by atoms with van der Waals surface area (Å²) in [5.41, 5.74) is 7.37. The Bertz CT molecular complexity index is 636. The third-order valence-electron chi connectivity index (χ3n) is 3.68. The van der Waals surface area contributed by atoms with Gasteiger partial charge in [-0.1, -0.05) is 30.3 Å². The summed E-state index contributed by atoms with van der Waals surface area (Å²) in [5, 5.41) is 0. The standard InChI is InChI=1S/C16H18N4O/c17-15(21)14-11-13(12-7-3-1-4-8-12)18-16(19-14)20-9-5-2-6-10-20/h1,3-4,7-8,11H,2,5-6,9-10H2,(H2,17,21). The van der Waals surface area contributed by atoms with Gasteiger partial charge in [-0.15, -0.1) is 0 Å². The van der Waals surface area contributed by atoms with Crippen molar-refractivity contribution in [1.29, 1.82) is 0 Å². The maximum atomic E-state index is 11.5. The topological polar surface area (TPSA) is 72.1 Å². The molecule has 1 saturated heterocycles. The van der Waals surface area contributed by atoms with Crippen molar-refractivity contribution in [3.8, 4) is 11.3 Å². The second kappa shape index (κ2) is 5.91. The molecule has 21 heavy (non-hydrogen) atoms. The van der Waals surface area contributed by atoms with E-state index >= 15 is 0 Å². The molecule has 1 aromatic heterocycles. The first-order valence-electron chi connectivity index (χ1n) is 7.23. The van der Waals surface area contributed by atoms with E-state index < -0.39 is 5.91 Å². The Labute approximate surface area is 123 Å². The molecule has 3 rings (SSSR count). The molecular weight excluding hydrogens is 264 g/mol. The zero-order chi connectivity index (χ0) is 14.7. The van der Waals surface area contributed by atoms with Crippen LogP contribution < -0.4 is 10.6 Å². The maximum Gasteiger partial charge on any atom is 0.267 e. The molecule has 0 spiro atoms. The van der Waals surface area contributed by atoms with Crippen LogP contribution in [0.1, 0.15) is 29.8 Å². The van der Waals surface area contributed by atoms with Crippen molar-refractivity contribution in [3.05, 3.63) is 42.1 Å². The number of nitrogens with two attached hydrogens (primary N) is 1. The maximum absolute atomic E-state index is 11.5. The molecule has 0 unspecified atom stereocenters. The van der Waals surface area contributed by atoms with Crippen LogP contribution >= 0.6 is 0 Å². The third kappa shape index (κ3) is 3.02. The summed E-state index contributed by atoms with van der Waals surface area (Å²) < 4.78 is 0. The first-order valence-corrected chi connectivity index (χ1v) is 7.23. The number of rotatable bonds is 3. The van der Waals surface area contributed by atoms with Gasteiger partial charge in [-0.05, 0) is 25.3 Å². The van der Waals surface area contributed by atoms with Crippen LogP contribution in [0.2, 0.25) is 0 Å². The SMILES string of the molecule is NC(=O)c1cc(-c2ccccc2)nc(N2CCCCC2)n1. The zero-order valence-electron chi connectivity index (χ0n) is 11.8. The Hall–Kier alpha value is -2.43. The van der Waals surface area contributed by atoms with E-state index in [0.717, 1.165) is 37.2 Å². The summed E-state index contributed by atoms with van der Waals surface area (Å²) in [6.07, 6.45) is 3.49. The van der Waals surface area contributed by atoms with Crippen LogP contribution in [0.5, 0.6) is 0 Å². The number of piperidine rings is 1. The van der Waals surface area contributed by atoms with Gasteiger partial charge in [0.15, 0.2) is 0 Å². The number of aromatic nitrogens is 2. The van der Waals surface area contributed by atoms with Crippen molar-refractivity contribution in [1.82, 2.24) is 9.97 Å². The number of hydrogen-bond acceptors (Lipinski definition) is 4. The summed E-state index contributed by atoms with van der Waals surface area (Å²) in [7, 11) is 0. The molecule has 0 saturated carbocycles. The predicted molar refractivity (Wildman–Crippen MR) is 82.0 cm³/mol. The Morgan fingerprint density at radius 3 is 2.43 bits per heavy atom. The molecule has 108 valence electrons. The molecule has 0 aliphatic carbocycles. The first kappa shape index (κ1) is 13.5. The zero-order valence-corrected chi connectivity index (χ0v) is 11.8. The van der Waals surface area contributed by atoms with E-state index in [-0.39, 0.29) is 5.69 Å². The second-order valence-corrected chi connectivity index (χ2v) is 5.22. The lowest BCUT2D eigenvalue weighted by molar-refractivity contribution is 0.0995. The van der Waals surface area contributed by atoms with Gasteiger partial charge in [-0.2, -0.15) is 0 Å². The summed E-state index contributed by atoms with van der Waals surface area (Å²) in [6.45, 7) is 1.85. The number of carbonyl (C=O) groups excluding carboxylic acids is 1. The van der Waals surface area contributed by atoms with E-state index in [1.54, 1.807) is 6.07 Å². The number of carbonyl (C=O) groups is 1. The average Bonchev–Trinajstić information content (AvgIpc) is 2.56. The van der Waals surface area contributed by atoms with E-state index in [9.17, 15) is 4.79 Å². The Kier molecular flexibility index (Phi) is 3.81. The van der Waals surface area contributed by atoms with Gasteiger partial charge in [-0.25, -0.2) is 9.97 Å². The number of hydrogen-bond donors (Lipinski definition) is 1. The summed E-state index contributed by atoms with van der Waals surface area (Å²) in [6, 6.07) is 11.4. The summed E-state index contributed by atoms with van der Waals surface area (Å²) >= 11 is 0. The molecule has 1 aromatic carbocycles. The van der Waals surface area contributed by atoms with E-state index in [4.69, 9.17) is 5.73 Å². The van der Waals surface area contributed by atoms with Crippen LogP contribution in [-0.4, -0.2) is 29.0 Å². The fourth-order valence-electron chi connectivity index (χ4n) is 2.55. The van der Waals surface area contributed by atoms with E-state index in [1.165, 1.54) is 6.42 Å². The molecule has 1 aliphatic heterocycles. The van der Waals surface area contributed by atoms with Gasteiger partial charge in [0.2, 0.25) is 5.95 Å². The van der Waals surface area contributed by atoms with Crippen LogP contribution in [0.25, 0.3) is 11.3 Å². The number of primary amides is 1. The van der Waals surface area contributed by atoms with Gasteiger partial charge < -0.3 is 10.6 Å². The molecular formula is C16H18N4O. The van der Waals surface area contributed by atoms with Crippen molar-refractivity contribution >= 4 is 11.9 Å². The molecule has 5 heteroatoms. The molecule has 0 radical (unpaired) electrons. The molecule has 0 bridgehead atoms. The molecule has 1 aliphatic rings. The molecule has 1 fully saturated rings. The van der Waals surface area contributed by atoms with Gasteiger partial charge in [0, 0.05) is 18.7 Å². The predicted octanol–water partition coefficient (Wildman–Crippen LogP) is 2.23. The highest BCUT2D eigenvalue weighted by atomic mass is 16.1. The second-order valence-electron chi connectivity index (χ2n) is 5.22. The molecule has 2 aromatic rings. The fourth-order valence-corrected chi connectivity index (χ4v) is 2.55. The lowest BCUT2D eigenvalue weighted by Gasteiger charge is -2.27. The minimum Gasteiger partial charge on any atom is -0.364 e. The van der Waals surface area contributed by atoms with Crippen LogP contribution in [-0.2, 0) is 0 Å². The summed E-state index contributed by atoms with van der Waals surface area (Å²) in [4.78, 5) is 22.6. The van der Waals surface area contributed by atoms with E-state index in [2.05, 4.69) is 14.9 Å². The van der Waals surface area contributed by atoms with Gasteiger partial charge in [0.05, 0.1) is 5.69 Å². The Morgan fingerprint density at radius 2 is 1.76 bits per heavy atom. The van der Waals surface area contributed by atoms with Crippen LogP contribution in [0.15, 0.2) is 36.4 Å². The normalized spacial score (nSPS) is 15.0. The third-order valence-corrected chi connectivity index (χ3v) is 3.68. The van der Waals surface area contributed by atoms with Crippen LogP contribution in [0.4, 0.5) is 5.95 Å². The van der Waals surface area contributed by atoms with E-state index in [0.29, 0.717) is 5.95 Å². The highest BCUT2D eigenvalue weighted by Gasteiger charge is 2.17. The van der Waals surface area contributed by atoms with Gasteiger partial charge >= 0.3 is 0 Å². The van der Waals surface area contributed by atoms with Gasteiger partial charge in [0.1, 0.15) is 5.69 Å². The minimum absolute atomic E-state index is 0.268. The van der Waals surface area contributed by atoms with Crippen LogP contribution in [0.3, 0.4) is 0 Å². The fraction of sp³-hybridized carbons (Fsp3) is 0.312.